The molecule has 0 unspecified atom stereocenters. The number of benzene rings is 1. The predicted molar refractivity (Wildman–Crippen MR) is 95.4 cm³/mol. The van der Waals surface area contributed by atoms with Crippen molar-refractivity contribution >= 4 is 34.9 Å². The number of amides is 1. The van der Waals surface area contributed by atoms with Crippen molar-refractivity contribution < 1.29 is 19.2 Å². The summed E-state index contributed by atoms with van der Waals surface area (Å²) < 4.78 is 5.15. The average Bonchev–Trinajstić information content (AvgIpc) is 3.21. The number of halogens is 1. The number of nitrogens with zero attached hydrogens (tertiary/aromatic N) is 1. The van der Waals surface area contributed by atoms with E-state index in [4.69, 9.17) is 16.3 Å². The van der Waals surface area contributed by atoms with Crippen LogP contribution in [0.1, 0.15) is 6.42 Å². The lowest BCUT2D eigenvalue weighted by Gasteiger charge is -2.25. The van der Waals surface area contributed by atoms with Gasteiger partial charge in [-0.1, -0.05) is 30.3 Å². The van der Waals surface area contributed by atoms with Gasteiger partial charge in [0.25, 0.3) is 5.69 Å². The second kappa shape index (κ2) is 7.29. The highest BCUT2D eigenvalue weighted by atomic mass is 35.5. The number of non-ortho nitro benzene ring substituents is 1. The number of anilines is 1. The number of hydrogen-bond donors (Lipinski definition) is 1. The Labute approximate surface area is 154 Å². The van der Waals surface area contributed by atoms with Crippen molar-refractivity contribution in [3.63, 3.8) is 0 Å². The summed E-state index contributed by atoms with van der Waals surface area (Å²) in [6, 6.07) is 5.55. The van der Waals surface area contributed by atoms with E-state index in [1.54, 1.807) is 0 Å². The van der Waals surface area contributed by atoms with Gasteiger partial charge in [0, 0.05) is 22.9 Å². The number of fused-ring (bicyclic) bond motifs is 2. The number of nitrogens with one attached hydrogen (secondary N) is 1. The lowest BCUT2D eigenvalue weighted by Crippen LogP contribution is -2.37. The summed E-state index contributed by atoms with van der Waals surface area (Å²) in [5.41, 5.74) is 0.377. The van der Waals surface area contributed by atoms with Gasteiger partial charge < -0.3 is 10.1 Å². The van der Waals surface area contributed by atoms with E-state index >= 15 is 0 Å². The number of nitro benzene ring substituents is 1. The smallest absolute Gasteiger partial charge is 0.310 e. The van der Waals surface area contributed by atoms with Crippen molar-refractivity contribution in [2.75, 3.05) is 11.9 Å². The molecular formula is C18H17ClN2O5. The third-order valence-corrected chi connectivity index (χ3v) is 4.86. The molecule has 1 fully saturated rings. The van der Waals surface area contributed by atoms with Gasteiger partial charge in [0.05, 0.1) is 16.8 Å². The van der Waals surface area contributed by atoms with E-state index in [-0.39, 0.29) is 35.1 Å². The molecule has 4 atom stereocenters. The summed E-state index contributed by atoms with van der Waals surface area (Å²) in [7, 11) is 0. The van der Waals surface area contributed by atoms with Gasteiger partial charge in [0.2, 0.25) is 5.91 Å². The summed E-state index contributed by atoms with van der Waals surface area (Å²) >= 11 is 5.64. The molecule has 0 heterocycles. The van der Waals surface area contributed by atoms with Gasteiger partial charge >= 0.3 is 5.97 Å². The third-order valence-electron chi connectivity index (χ3n) is 4.75. The average molecular weight is 377 g/mol. The topological polar surface area (TPSA) is 98.5 Å². The van der Waals surface area contributed by atoms with Crippen LogP contribution in [0, 0.1) is 33.8 Å². The molecule has 136 valence electrons. The zero-order valence-electron chi connectivity index (χ0n) is 13.8. The number of nitro groups is 1. The number of carbonyl (C=O) groups is 2. The molecule has 26 heavy (non-hydrogen) atoms. The van der Waals surface area contributed by atoms with E-state index in [1.165, 1.54) is 24.3 Å². The van der Waals surface area contributed by atoms with E-state index in [9.17, 15) is 19.7 Å². The Kier molecular flexibility index (Phi) is 5.08. The van der Waals surface area contributed by atoms with E-state index < -0.39 is 22.7 Å². The van der Waals surface area contributed by atoms with Crippen LogP contribution in [0.5, 0.6) is 0 Å². The molecule has 7 nitrogen and oxygen atoms in total. The number of rotatable bonds is 6. The first-order valence-corrected chi connectivity index (χ1v) is 8.48. The SMILES string of the molecule is C=C(Cl)COC(=O)[C@H]1[C@@H](C(=O)Nc2ccc([N+](=O)[O-])cc2)[C@H]2C=C[C@H]1C2. The summed E-state index contributed by atoms with van der Waals surface area (Å²) in [4.78, 5) is 35.4. The Bertz CT molecular complexity index is 789. The molecule has 0 saturated heterocycles. The highest BCUT2D eigenvalue weighted by Crippen LogP contribution is 2.49. The quantitative estimate of drug-likeness (QED) is 0.355. The van der Waals surface area contributed by atoms with Crippen LogP contribution in [0.25, 0.3) is 0 Å². The minimum absolute atomic E-state index is 0.0326. The lowest BCUT2D eigenvalue weighted by molar-refractivity contribution is -0.384. The van der Waals surface area contributed by atoms with Crippen LogP contribution in [-0.2, 0) is 14.3 Å². The Balaban J connectivity index is 1.72. The van der Waals surface area contributed by atoms with Gasteiger partial charge in [-0.05, 0) is 30.4 Å². The van der Waals surface area contributed by atoms with E-state index in [1.807, 2.05) is 12.2 Å². The first-order chi connectivity index (χ1) is 12.4. The van der Waals surface area contributed by atoms with E-state index in [0.29, 0.717) is 5.69 Å². The fourth-order valence-corrected chi connectivity index (χ4v) is 3.69. The van der Waals surface area contributed by atoms with Gasteiger partial charge in [0.1, 0.15) is 6.61 Å². The van der Waals surface area contributed by atoms with Gasteiger partial charge in [-0.3, -0.25) is 19.7 Å². The number of ether oxygens (including phenoxy) is 1. The molecule has 3 rings (SSSR count). The molecule has 0 spiro atoms. The van der Waals surface area contributed by atoms with Crippen LogP contribution in [0.4, 0.5) is 11.4 Å². The molecule has 0 aliphatic heterocycles. The van der Waals surface area contributed by atoms with Gasteiger partial charge in [-0.25, -0.2) is 0 Å². The highest BCUT2D eigenvalue weighted by molar-refractivity contribution is 6.29. The summed E-state index contributed by atoms with van der Waals surface area (Å²) in [5, 5.41) is 13.7. The maximum absolute atomic E-state index is 12.7. The fourth-order valence-electron chi connectivity index (χ4n) is 3.64. The number of esters is 1. The zero-order chi connectivity index (χ0) is 18.8. The molecule has 2 aliphatic carbocycles. The molecule has 2 bridgehead atoms. The summed E-state index contributed by atoms with van der Waals surface area (Å²) in [5.74, 6) is -1.95. The summed E-state index contributed by atoms with van der Waals surface area (Å²) in [6.45, 7) is 3.39. The molecule has 1 aromatic carbocycles. The van der Waals surface area contributed by atoms with Crippen LogP contribution in [0.15, 0.2) is 48.0 Å². The maximum atomic E-state index is 12.7. The second-order valence-electron chi connectivity index (χ2n) is 6.42. The van der Waals surface area contributed by atoms with Gasteiger partial charge in [-0.15, -0.1) is 0 Å². The van der Waals surface area contributed by atoms with Crippen molar-refractivity contribution in [2.24, 2.45) is 23.7 Å². The first kappa shape index (κ1) is 18.1. The van der Waals surface area contributed by atoms with Gasteiger partial charge in [0.15, 0.2) is 0 Å². The van der Waals surface area contributed by atoms with Gasteiger partial charge in [-0.2, -0.15) is 0 Å². The largest absolute Gasteiger partial charge is 0.460 e. The first-order valence-electron chi connectivity index (χ1n) is 8.10. The highest BCUT2D eigenvalue weighted by Gasteiger charge is 2.52. The molecule has 1 N–H and O–H groups in total. The van der Waals surface area contributed by atoms with Crippen molar-refractivity contribution in [3.05, 3.63) is 58.1 Å². The molecular weight excluding hydrogens is 360 g/mol. The Morgan fingerprint density at radius 1 is 1.23 bits per heavy atom. The zero-order valence-corrected chi connectivity index (χ0v) is 14.5. The fraction of sp³-hybridized carbons (Fsp3) is 0.333. The molecule has 8 heteroatoms. The molecule has 1 saturated carbocycles. The van der Waals surface area contributed by atoms with E-state index in [0.717, 1.165) is 6.42 Å². The van der Waals surface area contributed by atoms with Crippen LogP contribution in [-0.4, -0.2) is 23.4 Å². The Hall–Kier alpha value is -2.67. The third kappa shape index (κ3) is 3.62. The monoisotopic (exact) mass is 376 g/mol. The van der Waals surface area contributed by atoms with Crippen molar-refractivity contribution in [1.29, 1.82) is 0 Å². The molecule has 1 amide bonds. The standard InChI is InChI=1S/C18H17ClN2O5/c1-10(19)9-26-18(23)16-12-3-2-11(8-12)15(16)17(22)20-13-4-6-14(7-5-13)21(24)25/h2-7,11-12,15-16H,1,8-9H2,(H,20,22)/t11-,12-,15-,16+/m0/s1. The second-order valence-corrected chi connectivity index (χ2v) is 6.95. The van der Waals surface area contributed by atoms with Crippen LogP contribution < -0.4 is 5.32 Å². The van der Waals surface area contributed by atoms with Crippen LogP contribution in [0.3, 0.4) is 0 Å². The van der Waals surface area contributed by atoms with Crippen molar-refractivity contribution in [1.82, 2.24) is 0 Å². The Morgan fingerprint density at radius 3 is 2.42 bits per heavy atom. The number of allylic oxidation sites excluding steroid dienone is 2. The normalized spacial score (nSPS) is 25.7. The molecule has 2 aliphatic rings. The molecule has 1 aromatic rings. The number of carbonyl (C=O) groups excluding carboxylic acids is 2. The molecule has 0 aromatic heterocycles. The van der Waals surface area contributed by atoms with Crippen LogP contribution >= 0.6 is 11.6 Å². The molecule has 0 radical (unpaired) electrons. The minimum atomic E-state index is -0.570. The van der Waals surface area contributed by atoms with Crippen molar-refractivity contribution in [2.45, 2.75) is 6.42 Å². The lowest BCUT2D eigenvalue weighted by atomic mass is 9.82. The minimum Gasteiger partial charge on any atom is -0.460 e. The maximum Gasteiger partial charge on any atom is 0.310 e. The van der Waals surface area contributed by atoms with E-state index in [2.05, 4.69) is 11.9 Å². The van der Waals surface area contributed by atoms with Crippen molar-refractivity contribution in [3.8, 4) is 0 Å². The Morgan fingerprint density at radius 2 is 1.85 bits per heavy atom. The number of hydrogen-bond acceptors (Lipinski definition) is 5. The summed E-state index contributed by atoms with van der Waals surface area (Å²) in [6.07, 6.45) is 4.62. The predicted octanol–water partition coefficient (Wildman–Crippen LogP) is 3.27. The van der Waals surface area contributed by atoms with Crippen LogP contribution in [0.2, 0.25) is 0 Å².